The summed E-state index contributed by atoms with van der Waals surface area (Å²) in [4.78, 5) is 26.1. The zero-order valence-electron chi connectivity index (χ0n) is 14.7. The SMILES string of the molecule is O=C(CCC[C@H](O)c1ccc(F)cc1)N1C(=O)O[C@H]2Cc3ccccc3[C@H]21. The van der Waals surface area contributed by atoms with Gasteiger partial charge in [-0.2, -0.15) is 0 Å². The lowest BCUT2D eigenvalue weighted by molar-refractivity contribution is -0.129. The molecule has 0 spiro atoms. The van der Waals surface area contributed by atoms with Crippen molar-refractivity contribution in [1.82, 2.24) is 4.90 Å². The third-order valence-corrected chi connectivity index (χ3v) is 5.27. The lowest BCUT2D eigenvalue weighted by atomic mass is 10.0. The van der Waals surface area contributed by atoms with E-state index in [1.165, 1.54) is 29.2 Å². The average Bonchev–Trinajstić information content (AvgIpc) is 3.16. The average molecular weight is 369 g/mol. The fourth-order valence-corrected chi connectivity index (χ4v) is 3.92. The number of rotatable bonds is 5. The number of hydrogen-bond acceptors (Lipinski definition) is 4. The molecule has 2 aromatic rings. The van der Waals surface area contributed by atoms with Gasteiger partial charge in [0.1, 0.15) is 18.0 Å². The van der Waals surface area contributed by atoms with Crippen LogP contribution in [0.3, 0.4) is 0 Å². The first kappa shape index (κ1) is 17.7. The first-order valence-electron chi connectivity index (χ1n) is 9.08. The summed E-state index contributed by atoms with van der Waals surface area (Å²) in [6.07, 6.45) is -0.153. The standard InChI is InChI=1S/C21H20FNO4/c22-15-10-8-13(9-11-15)17(24)6-3-7-19(25)23-20-16-5-2-1-4-14(16)12-18(20)27-21(23)26/h1-2,4-5,8-11,17-18,20,24H,3,6-7,12H2/t17-,18-,20+/m0/s1. The third-order valence-electron chi connectivity index (χ3n) is 5.27. The molecule has 140 valence electrons. The minimum Gasteiger partial charge on any atom is -0.443 e. The molecule has 1 fully saturated rings. The van der Waals surface area contributed by atoms with E-state index in [4.69, 9.17) is 4.74 Å². The number of aliphatic hydroxyl groups excluding tert-OH is 1. The van der Waals surface area contributed by atoms with Crippen LogP contribution in [0, 0.1) is 5.82 Å². The second-order valence-electron chi connectivity index (χ2n) is 6.99. The quantitative estimate of drug-likeness (QED) is 0.873. The zero-order valence-corrected chi connectivity index (χ0v) is 14.7. The molecule has 1 aliphatic carbocycles. The largest absolute Gasteiger partial charge is 0.443 e. The van der Waals surface area contributed by atoms with Crippen molar-refractivity contribution in [3.63, 3.8) is 0 Å². The molecule has 1 saturated heterocycles. The van der Waals surface area contributed by atoms with Gasteiger partial charge in [0.05, 0.1) is 6.10 Å². The lowest BCUT2D eigenvalue weighted by Gasteiger charge is -2.20. The predicted octanol–water partition coefficient (Wildman–Crippen LogP) is 3.67. The minimum absolute atomic E-state index is 0.138. The predicted molar refractivity (Wildman–Crippen MR) is 95.2 cm³/mol. The fraction of sp³-hybridized carbons (Fsp3) is 0.333. The number of ether oxygens (including phenoxy) is 1. The summed E-state index contributed by atoms with van der Waals surface area (Å²) in [5.74, 6) is -0.657. The molecule has 2 aliphatic rings. The molecule has 1 aliphatic heterocycles. The molecule has 0 bridgehead atoms. The second kappa shape index (κ2) is 7.12. The molecule has 4 rings (SSSR count). The Hall–Kier alpha value is -2.73. The van der Waals surface area contributed by atoms with Crippen LogP contribution >= 0.6 is 0 Å². The van der Waals surface area contributed by atoms with Gasteiger partial charge >= 0.3 is 6.09 Å². The molecule has 2 amide bonds. The van der Waals surface area contributed by atoms with Crippen LogP contribution in [0.15, 0.2) is 48.5 Å². The molecule has 1 heterocycles. The molecule has 6 heteroatoms. The Morgan fingerprint density at radius 1 is 1.22 bits per heavy atom. The third kappa shape index (κ3) is 3.32. The summed E-state index contributed by atoms with van der Waals surface area (Å²) in [5, 5.41) is 10.2. The van der Waals surface area contributed by atoms with E-state index in [9.17, 15) is 19.1 Å². The van der Waals surface area contributed by atoms with Gasteiger partial charge in [0, 0.05) is 12.8 Å². The molecule has 3 atom stereocenters. The number of carbonyl (C=O) groups excluding carboxylic acids is 2. The number of amides is 2. The lowest BCUT2D eigenvalue weighted by Crippen LogP contribution is -2.34. The van der Waals surface area contributed by atoms with E-state index in [2.05, 4.69) is 0 Å². The Labute approximate surface area is 156 Å². The molecule has 27 heavy (non-hydrogen) atoms. The Morgan fingerprint density at radius 3 is 2.74 bits per heavy atom. The highest BCUT2D eigenvalue weighted by molar-refractivity contribution is 5.94. The van der Waals surface area contributed by atoms with E-state index >= 15 is 0 Å². The smallest absolute Gasteiger partial charge is 0.417 e. The van der Waals surface area contributed by atoms with E-state index in [0.717, 1.165) is 11.1 Å². The van der Waals surface area contributed by atoms with Gasteiger partial charge in [-0.15, -0.1) is 0 Å². The van der Waals surface area contributed by atoms with Crippen LogP contribution in [-0.4, -0.2) is 28.1 Å². The summed E-state index contributed by atoms with van der Waals surface area (Å²) in [5.41, 5.74) is 2.67. The number of halogens is 1. The van der Waals surface area contributed by atoms with Crippen molar-refractivity contribution in [3.05, 3.63) is 71.0 Å². The first-order chi connectivity index (χ1) is 13.0. The van der Waals surface area contributed by atoms with E-state index < -0.39 is 12.2 Å². The van der Waals surface area contributed by atoms with Gasteiger partial charge in [0.2, 0.25) is 5.91 Å². The van der Waals surface area contributed by atoms with Crippen LogP contribution in [0.4, 0.5) is 9.18 Å². The van der Waals surface area contributed by atoms with Crippen molar-refractivity contribution in [3.8, 4) is 0 Å². The van der Waals surface area contributed by atoms with Crippen LogP contribution in [0.2, 0.25) is 0 Å². The summed E-state index contributed by atoms with van der Waals surface area (Å²) in [6.45, 7) is 0. The number of carbonyl (C=O) groups is 2. The van der Waals surface area contributed by atoms with E-state index in [0.29, 0.717) is 24.8 Å². The van der Waals surface area contributed by atoms with Gasteiger partial charge in [0.25, 0.3) is 0 Å². The highest BCUT2D eigenvalue weighted by Gasteiger charge is 2.49. The van der Waals surface area contributed by atoms with Crippen molar-refractivity contribution in [2.24, 2.45) is 0 Å². The van der Waals surface area contributed by atoms with Crippen molar-refractivity contribution in [1.29, 1.82) is 0 Å². The van der Waals surface area contributed by atoms with Crippen molar-refractivity contribution in [2.75, 3.05) is 0 Å². The van der Waals surface area contributed by atoms with Gasteiger partial charge in [0.15, 0.2) is 0 Å². The fourth-order valence-electron chi connectivity index (χ4n) is 3.92. The number of aliphatic hydroxyl groups is 1. The van der Waals surface area contributed by atoms with E-state index in [1.807, 2.05) is 24.3 Å². The van der Waals surface area contributed by atoms with Crippen LogP contribution in [0.1, 0.15) is 48.1 Å². The number of imide groups is 1. The molecular weight excluding hydrogens is 349 g/mol. The second-order valence-corrected chi connectivity index (χ2v) is 6.99. The van der Waals surface area contributed by atoms with Gasteiger partial charge in [-0.1, -0.05) is 36.4 Å². The van der Waals surface area contributed by atoms with Crippen LogP contribution in [0.5, 0.6) is 0 Å². The molecule has 0 aromatic heterocycles. The summed E-state index contributed by atoms with van der Waals surface area (Å²) in [7, 11) is 0. The van der Waals surface area contributed by atoms with Gasteiger partial charge in [-0.05, 0) is 41.7 Å². The highest BCUT2D eigenvalue weighted by Crippen LogP contribution is 2.42. The van der Waals surface area contributed by atoms with Gasteiger partial charge in [-0.3, -0.25) is 4.79 Å². The molecule has 5 nitrogen and oxygen atoms in total. The van der Waals surface area contributed by atoms with Crippen LogP contribution in [0.25, 0.3) is 0 Å². The maximum atomic E-state index is 13.0. The Morgan fingerprint density at radius 2 is 1.96 bits per heavy atom. The number of fused-ring (bicyclic) bond motifs is 3. The van der Waals surface area contributed by atoms with Gasteiger partial charge < -0.3 is 9.84 Å². The summed E-state index contributed by atoms with van der Waals surface area (Å²) < 4.78 is 18.3. The molecule has 2 aromatic carbocycles. The molecule has 0 saturated carbocycles. The van der Waals surface area contributed by atoms with Crippen molar-refractivity contribution in [2.45, 2.75) is 43.9 Å². The Kier molecular flexibility index (Phi) is 4.66. The highest BCUT2D eigenvalue weighted by atomic mass is 19.1. The first-order valence-corrected chi connectivity index (χ1v) is 9.08. The Bertz CT molecular complexity index is 867. The summed E-state index contributed by atoms with van der Waals surface area (Å²) in [6, 6.07) is 13.0. The number of benzene rings is 2. The normalized spacial score (nSPS) is 21.6. The van der Waals surface area contributed by atoms with E-state index in [-0.39, 0.29) is 30.3 Å². The number of hydrogen-bond donors (Lipinski definition) is 1. The number of nitrogens with zero attached hydrogens (tertiary/aromatic N) is 1. The zero-order chi connectivity index (χ0) is 19.0. The molecule has 1 N–H and O–H groups in total. The van der Waals surface area contributed by atoms with Crippen LogP contribution in [-0.2, 0) is 16.0 Å². The monoisotopic (exact) mass is 369 g/mol. The Balaban J connectivity index is 1.38. The van der Waals surface area contributed by atoms with Crippen molar-refractivity contribution < 1.29 is 23.8 Å². The van der Waals surface area contributed by atoms with Gasteiger partial charge in [-0.25, -0.2) is 14.1 Å². The van der Waals surface area contributed by atoms with Crippen LogP contribution < -0.4 is 0 Å². The maximum absolute atomic E-state index is 13.0. The molecule has 0 radical (unpaired) electrons. The maximum Gasteiger partial charge on any atom is 0.417 e. The topological polar surface area (TPSA) is 66.8 Å². The summed E-state index contributed by atoms with van der Waals surface area (Å²) >= 11 is 0. The molecule has 0 unspecified atom stereocenters. The van der Waals surface area contributed by atoms with E-state index in [1.54, 1.807) is 0 Å². The molecular formula is C21H20FNO4. The van der Waals surface area contributed by atoms with Crippen molar-refractivity contribution >= 4 is 12.0 Å². The minimum atomic E-state index is -0.774.